The van der Waals surface area contributed by atoms with E-state index in [1.54, 1.807) is 11.4 Å². The summed E-state index contributed by atoms with van der Waals surface area (Å²) in [5.74, 6) is -0.497. The van der Waals surface area contributed by atoms with Crippen LogP contribution in [0.5, 0.6) is 0 Å². The molecular formula is C13H9F3O2S. The van der Waals surface area contributed by atoms with E-state index in [-0.39, 0.29) is 0 Å². The lowest BCUT2D eigenvalue weighted by Crippen LogP contribution is -2.04. The molecule has 0 amide bonds. The molecule has 0 radical (unpaired) electrons. The first kappa shape index (κ1) is 13.6. The summed E-state index contributed by atoms with van der Waals surface area (Å²) in [6.45, 7) is 0. The maximum absolute atomic E-state index is 12.6. The van der Waals surface area contributed by atoms with Crippen LogP contribution in [-0.2, 0) is 10.9 Å². The number of rotatable bonds is 2. The van der Waals surface area contributed by atoms with E-state index in [0.29, 0.717) is 16.0 Å². The van der Waals surface area contributed by atoms with Gasteiger partial charge in [-0.1, -0.05) is 12.1 Å². The van der Waals surface area contributed by atoms with Gasteiger partial charge in [0.15, 0.2) is 0 Å². The van der Waals surface area contributed by atoms with Crippen LogP contribution in [0.4, 0.5) is 13.2 Å². The van der Waals surface area contributed by atoms with E-state index in [4.69, 9.17) is 0 Å². The highest BCUT2D eigenvalue weighted by Gasteiger charge is 2.30. The van der Waals surface area contributed by atoms with Crippen LogP contribution in [0.3, 0.4) is 0 Å². The van der Waals surface area contributed by atoms with Gasteiger partial charge in [0.25, 0.3) is 0 Å². The molecule has 2 nitrogen and oxygen atoms in total. The number of carbonyl (C=O) groups excluding carboxylic acids is 1. The van der Waals surface area contributed by atoms with E-state index in [1.807, 2.05) is 0 Å². The number of ether oxygens (including phenoxy) is 1. The van der Waals surface area contributed by atoms with E-state index in [9.17, 15) is 18.0 Å². The van der Waals surface area contributed by atoms with Crippen molar-refractivity contribution in [3.8, 4) is 11.1 Å². The molecule has 6 heteroatoms. The van der Waals surface area contributed by atoms with Crippen molar-refractivity contribution in [3.63, 3.8) is 0 Å². The topological polar surface area (TPSA) is 26.3 Å². The lowest BCUT2D eigenvalue weighted by molar-refractivity contribution is -0.137. The van der Waals surface area contributed by atoms with Crippen LogP contribution >= 0.6 is 11.3 Å². The molecule has 1 aromatic carbocycles. The van der Waals surface area contributed by atoms with Crippen molar-refractivity contribution in [2.75, 3.05) is 7.11 Å². The predicted octanol–water partition coefficient (Wildman–Crippen LogP) is 4.22. The van der Waals surface area contributed by atoms with Crippen molar-refractivity contribution >= 4 is 17.3 Å². The lowest BCUT2D eigenvalue weighted by Gasteiger charge is -2.07. The van der Waals surface area contributed by atoms with Gasteiger partial charge in [-0.3, -0.25) is 0 Å². The zero-order chi connectivity index (χ0) is 14.0. The molecule has 1 aromatic heterocycles. The molecule has 100 valence electrons. The number of hydrogen-bond acceptors (Lipinski definition) is 3. The molecule has 2 aromatic rings. The summed E-state index contributed by atoms with van der Waals surface area (Å²) in [7, 11) is 1.26. The third-order valence-corrected chi connectivity index (χ3v) is 3.42. The predicted molar refractivity (Wildman–Crippen MR) is 66.1 cm³/mol. The van der Waals surface area contributed by atoms with Gasteiger partial charge < -0.3 is 4.74 Å². The molecule has 0 N–H and O–H groups in total. The van der Waals surface area contributed by atoms with E-state index < -0.39 is 17.7 Å². The van der Waals surface area contributed by atoms with Crippen molar-refractivity contribution in [1.82, 2.24) is 0 Å². The van der Waals surface area contributed by atoms with Crippen LogP contribution in [0, 0.1) is 0 Å². The van der Waals surface area contributed by atoms with Gasteiger partial charge in [0.05, 0.1) is 12.7 Å². The van der Waals surface area contributed by atoms with Gasteiger partial charge in [-0.15, -0.1) is 11.3 Å². The van der Waals surface area contributed by atoms with Gasteiger partial charge in [0.2, 0.25) is 0 Å². The van der Waals surface area contributed by atoms with Crippen molar-refractivity contribution in [1.29, 1.82) is 0 Å². The largest absolute Gasteiger partial charge is 0.465 e. The Hall–Kier alpha value is -1.82. The van der Waals surface area contributed by atoms with Crippen molar-refractivity contribution in [2.45, 2.75) is 6.18 Å². The summed E-state index contributed by atoms with van der Waals surface area (Å²) >= 11 is 1.13. The first-order valence-electron chi connectivity index (χ1n) is 5.26. The minimum Gasteiger partial charge on any atom is -0.465 e. The molecule has 0 fully saturated rings. The standard InChI is InChI=1S/C13H9F3O2S/c1-18-12(17)11-6-9(7-19-11)8-3-2-4-10(5-8)13(14,15)16/h2-7H,1H3. The molecule has 0 aliphatic heterocycles. The number of carbonyl (C=O) groups is 1. The van der Waals surface area contributed by atoms with Crippen LogP contribution in [0.2, 0.25) is 0 Å². The third-order valence-electron chi connectivity index (χ3n) is 2.51. The number of hydrogen-bond donors (Lipinski definition) is 0. The minimum atomic E-state index is -4.38. The van der Waals surface area contributed by atoms with Gasteiger partial charge in [0.1, 0.15) is 4.88 Å². The second kappa shape index (κ2) is 5.05. The minimum absolute atomic E-state index is 0.356. The number of halogens is 3. The van der Waals surface area contributed by atoms with Gasteiger partial charge in [-0.25, -0.2) is 4.79 Å². The summed E-state index contributed by atoms with van der Waals surface area (Å²) in [6.07, 6.45) is -4.38. The van der Waals surface area contributed by atoms with Crippen LogP contribution in [0.15, 0.2) is 35.7 Å². The summed E-state index contributed by atoms with van der Waals surface area (Å²) in [5, 5.41) is 1.63. The van der Waals surface area contributed by atoms with Crippen LogP contribution < -0.4 is 0 Å². The highest BCUT2D eigenvalue weighted by molar-refractivity contribution is 7.12. The Kier molecular flexibility index (Phi) is 3.61. The van der Waals surface area contributed by atoms with Crippen molar-refractivity contribution < 1.29 is 22.7 Å². The average Bonchev–Trinajstić information content (AvgIpc) is 2.86. The third kappa shape index (κ3) is 2.96. The summed E-state index contributed by atoms with van der Waals surface area (Å²) in [4.78, 5) is 11.6. The number of benzene rings is 1. The first-order valence-corrected chi connectivity index (χ1v) is 6.14. The Morgan fingerprint density at radius 1 is 1.21 bits per heavy atom. The quantitative estimate of drug-likeness (QED) is 0.773. The average molecular weight is 286 g/mol. The zero-order valence-electron chi connectivity index (χ0n) is 9.82. The SMILES string of the molecule is COC(=O)c1cc(-c2cccc(C(F)(F)F)c2)cs1. The Balaban J connectivity index is 2.37. The van der Waals surface area contributed by atoms with E-state index in [0.717, 1.165) is 23.5 Å². The summed E-state index contributed by atoms with van der Waals surface area (Å²) < 4.78 is 42.4. The van der Waals surface area contributed by atoms with Gasteiger partial charge in [-0.2, -0.15) is 13.2 Å². The van der Waals surface area contributed by atoms with Gasteiger partial charge in [-0.05, 0) is 34.7 Å². The number of thiophene rings is 1. The van der Waals surface area contributed by atoms with E-state index in [1.165, 1.54) is 19.2 Å². The highest BCUT2D eigenvalue weighted by Crippen LogP contribution is 2.33. The molecule has 0 saturated carbocycles. The Morgan fingerprint density at radius 3 is 2.58 bits per heavy atom. The van der Waals surface area contributed by atoms with E-state index in [2.05, 4.69) is 4.74 Å². The fourth-order valence-corrected chi connectivity index (χ4v) is 2.40. The molecule has 1 heterocycles. The fraction of sp³-hybridized carbons (Fsp3) is 0.154. The molecule has 0 bridgehead atoms. The molecule has 0 atom stereocenters. The van der Waals surface area contributed by atoms with Crippen LogP contribution in [0.1, 0.15) is 15.2 Å². The fourth-order valence-electron chi connectivity index (χ4n) is 1.57. The Bertz CT molecular complexity index is 602. The molecule has 0 aliphatic carbocycles. The Morgan fingerprint density at radius 2 is 1.95 bits per heavy atom. The molecule has 19 heavy (non-hydrogen) atoms. The second-order valence-corrected chi connectivity index (χ2v) is 4.68. The van der Waals surface area contributed by atoms with Gasteiger partial charge in [0, 0.05) is 0 Å². The summed E-state index contributed by atoms with van der Waals surface area (Å²) in [6, 6.07) is 6.50. The zero-order valence-corrected chi connectivity index (χ0v) is 10.6. The molecule has 0 spiro atoms. The highest BCUT2D eigenvalue weighted by atomic mass is 32.1. The van der Waals surface area contributed by atoms with Crippen LogP contribution in [0.25, 0.3) is 11.1 Å². The molecule has 0 unspecified atom stereocenters. The lowest BCUT2D eigenvalue weighted by atomic mass is 10.1. The number of esters is 1. The monoisotopic (exact) mass is 286 g/mol. The van der Waals surface area contributed by atoms with Gasteiger partial charge >= 0.3 is 12.1 Å². The summed E-state index contributed by atoms with van der Waals surface area (Å²) in [5.41, 5.74) is 0.272. The Labute approximate surface area is 111 Å². The number of alkyl halides is 3. The molecule has 2 rings (SSSR count). The second-order valence-electron chi connectivity index (χ2n) is 3.77. The maximum atomic E-state index is 12.6. The van der Waals surface area contributed by atoms with E-state index >= 15 is 0 Å². The van der Waals surface area contributed by atoms with Crippen molar-refractivity contribution in [2.24, 2.45) is 0 Å². The molecule has 0 aliphatic rings. The first-order chi connectivity index (χ1) is 8.91. The molecule has 0 saturated heterocycles. The number of methoxy groups -OCH3 is 1. The smallest absolute Gasteiger partial charge is 0.416 e. The maximum Gasteiger partial charge on any atom is 0.416 e. The normalized spacial score (nSPS) is 11.4. The van der Waals surface area contributed by atoms with Crippen LogP contribution in [-0.4, -0.2) is 13.1 Å². The molecular weight excluding hydrogens is 277 g/mol. The van der Waals surface area contributed by atoms with Crippen molar-refractivity contribution in [3.05, 3.63) is 46.2 Å².